The van der Waals surface area contributed by atoms with Crippen LogP contribution in [0, 0.1) is 12.8 Å². The Balaban J connectivity index is 1.49. The van der Waals surface area contributed by atoms with Gasteiger partial charge < -0.3 is 0 Å². The number of rotatable bonds is 4. The Labute approximate surface area is 122 Å². The molecule has 1 aromatic carbocycles. The van der Waals surface area contributed by atoms with Crippen LogP contribution < -0.4 is 0 Å². The summed E-state index contributed by atoms with van der Waals surface area (Å²) in [6, 6.07) is 8.65. The number of aromatic nitrogens is 2. The van der Waals surface area contributed by atoms with Gasteiger partial charge in [-0.3, -0.25) is 9.58 Å². The topological polar surface area (TPSA) is 21.1 Å². The van der Waals surface area contributed by atoms with Gasteiger partial charge in [-0.05, 0) is 34.0 Å². The van der Waals surface area contributed by atoms with E-state index in [0.29, 0.717) is 0 Å². The first-order chi connectivity index (χ1) is 9.20. The molecule has 3 nitrogen and oxygen atoms in total. The molecule has 0 saturated carbocycles. The van der Waals surface area contributed by atoms with Crippen LogP contribution in [0.15, 0.2) is 41.1 Å². The average Bonchev–Trinajstić information content (AvgIpc) is 2.75. The van der Waals surface area contributed by atoms with Crippen molar-refractivity contribution in [3.63, 3.8) is 0 Å². The van der Waals surface area contributed by atoms with Gasteiger partial charge in [-0.25, -0.2) is 0 Å². The molecule has 1 aromatic heterocycles. The molecule has 0 amide bonds. The normalized spacial score (nSPS) is 16.5. The Morgan fingerprint density at radius 2 is 2.11 bits per heavy atom. The van der Waals surface area contributed by atoms with Crippen LogP contribution in [0.25, 0.3) is 0 Å². The molecule has 0 aliphatic carbocycles. The van der Waals surface area contributed by atoms with Crippen LogP contribution in [-0.2, 0) is 13.1 Å². The summed E-state index contributed by atoms with van der Waals surface area (Å²) in [7, 11) is 0. The fourth-order valence-corrected chi connectivity index (χ4v) is 2.98. The van der Waals surface area contributed by atoms with Crippen molar-refractivity contribution in [3.05, 3.63) is 52.3 Å². The Morgan fingerprint density at radius 3 is 2.79 bits per heavy atom. The fraction of sp³-hybridized carbons (Fsp3) is 0.400. The molecule has 0 bridgehead atoms. The van der Waals surface area contributed by atoms with E-state index < -0.39 is 0 Å². The van der Waals surface area contributed by atoms with Gasteiger partial charge >= 0.3 is 0 Å². The van der Waals surface area contributed by atoms with Crippen LogP contribution in [0.1, 0.15) is 11.1 Å². The van der Waals surface area contributed by atoms with Crippen molar-refractivity contribution in [3.8, 4) is 0 Å². The largest absolute Gasteiger partial charge is 0.298 e. The minimum Gasteiger partial charge on any atom is -0.298 e. The summed E-state index contributed by atoms with van der Waals surface area (Å²) in [5.41, 5.74) is 2.84. The molecule has 1 saturated heterocycles. The predicted octanol–water partition coefficient (Wildman–Crippen LogP) is 3.09. The van der Waals surface area contributed by atoms with Crippen molar-refractivity contribution in [1.82, 2.24) is 14.7 Å². The number of hydrogen-bond acceptors (Lipinski definition) is 2. The van der Waals surface area contributed by atoms with Crippen molar-refractivity contribution in [2.75, 3.05) is 13.1 Å². The third kappa shape index (κ3) is 3.07. The Bertz CT molecular complexity index is 558. The van der Waals surface area contributed by atoms with Gasteiger partial charge in [-0.1, -0.05) is 24.3 Å². The predicted molar refractivity (Wildman–Crippen MR) is 79.9 cm³/mol. The first-order valence-corrected chi connectivity index (χ1v) is 7.45. The van der Waals surface area contributed by atoms with Gasteiger partial charge in [0.25, 0.3) is 0 Å². The lowest BCUT2D eigenvalue weighted by molar-refractivity contribution is 0.0776. The van der Waals surface area contributed by atoms with Gasteiger partial charge in [0.15, 0.2) is 0 Å². The van der Waals surface area contributed by atoms with Crippen LogP contribution in [0.5, 0.6) is 0 Å². The van der Waals surface area contributed by atoms with E-state index in [9.17, 15) is 0 Å². The van der Waals surface area contributed by atoms with Crippen LogP contribution >= 0.6 is 15.9 Å². The zero-order valence-electron chi connectivity index (χ0n) is 11.1. The van der Waals surface area contributed by atoms with E-state index in [4.69, 9.17) is 0 Å². The van der Waals surface area contributed by atoms with Crippen LogP contribution in [0.4, 0.5) is 0 Å². The maximum absolute atomic E-state index is 4.31. The molecule has 0 N–H and O–H groups in total. The maximum atomic E-state index is 4.31. The molecule has 3 rings (SSSR count). The first kappa shape index (κ1) is 12.9. The highest BCUT2D eigenvalue weighted by atomic mass is 79.9. The van der Waals surface area contributed by atoms with Gasteiger partial charge in [0.05, 0.1) is 10.7 Å². The van der Waals surface area contributed by atoms with E-state index in [1.807, 2.05) is 17.1 Å². The van der Waals surface area contributed by atoms with Crippen LogP contribution in [0.3, 0.4) is 0 Å². The molecule has 1 fully saturated rings. The molecule has 0 atom stereocenters. The number of benzene rings is 1. The number of halogens is 1. The van der Waals surface area contributed by atoms with Gasteiger partial charge in [-0.15, -0.1) is 0 Å². The van der Waals surface area contributed by atoms with E-state index in [0.717, 1.165) is 23.5 Å². The lowest BCUT2D eigenvalue weighted by Crippen LogP contribution is -2.47. The van der Waals surface area contributed by atoms with Gasteiger partial charge in [0.1, 0.15) is 0 Å². The van der Waals surface area contributed by atoms with Crippen LogP contribution in [0.2, 0.25) is 0 Å². The number of aryl methyl sites for hydroxylation is 1. The monoisotopic (exact) mass is 319 g/mol. The molecule has 0 unspecified atom stereocenters. The zero-order valence-corrected chi connectivity index (χ0v) is 12.7. The molecule has 100 valence electrons. The second kappa shape index (κ2) is 5.47. The number of likely N-dealkylation sites (tertiary alicyclic amines) is 1. The molecular formula is C15H18BrN3. The summed E-state index contributed by atoms with van der Waals surface area (Å²) in [6.07, 6.45) is 3.90. The molecule has 2 heterocycles. The summed E-state index contributed by atoms with van der Waals surface area (Å²) in [4.78, 5) is 2.51. The highest BCUT2D eigenvalue weighted by molar-refractivity contribution is 9.10. The van der Waals surface area contributed by atoms with E-state index >= 15 is 0 Å². The summed E-state index contributed by atoms with van der Waals surface area (Å²) in [5, 5.41) is 4.31. The van der Waals surface area contributed by atoms with Gasteiger partial charge in [0.2, 0.25) is 0 Å². The van der Waals surface area contributed by atoms with E-state index in [2.05, 4.69) is 57.1 Å². The Hall–Kier alpha value is -1.13. The minimum absolute atomic E-state index is 0.732. The first-order valence-electron chi connectivity index (χ1n) is 6.65. The summed E-state index contributed by atoms with van der Waals surface area (Å²) < 4.78 is 3.09. The third-order valence-electron chi connectivity index (χ3n) is 3.73. The summed E-state index contributed by atoms with van der Waals surface area (Å²) in [5.74, 6) is 0.732. The Kier molecular flexibility index (Phi) is 3.71. The molecule has 0 spiro atoms. The molecule has 4 heteroatoms. The van der Waals surface area contributed by atoms with Crippen molar-refractivity contribution in [2.24, 2.45) is 5.92 Å². The number of hydrogen-bond donors (Lipinski definition) is 0. The van der Waals surface area contributed by atoms with Crippen molar-refractivity contribution >= 4 is 15.9 Å². The second-order valence-electron chi connectivity index (χ2n) is 5.37. The summed E-state index contributed by atoms with van der Waals surface area (Å²) in [6.45, 7) is 6.63. The van der Waals surface area contributed by atoms with Gasteiger partial charge in [-0.2, -0.15) is 5.10 Å². The van der Waals surface area contributed by atoms with Crippen LogP contribution in [-0.4, -0.2) is 27.8 Å². The molecule has 0 radical (unpaired) electrons. The second-order valence-corrected chi connectivity index (χ2v) is 6.28. The fourth-order valence-electron chi connectivity index (χ4n) is 2.65. The molecule has 1 aliphatic rings. The third-order valence-corrected chi connectivity index (χ3v) is 4.14. The van der Waals surface area contributed by atoms with Crippen molar-refractivity contribution in [2.45, 2.75) is 20.0 Å². The average molecular weight is 320 g/mol. The smallest absolute Gasteiger partial charge is 0.0632 e. The molecule has 1 aliphatic heterocycles. The minimum atomic E-state index is 0.732. The van der Waals surface area contributed by atoms with E-state index in [-0.39, 0.29) is 0 Å². The lowest BCUT2D eigenvalue weighted by Gasteiger charge is -2.39. The highest BCUT2D eigenvalue weighted by Crippen LogP contribution is 2.21. The SMILES string of the molecule is Cc1ccccc1CN1CC(Cn2cc(Br)cn2)C1. The van der Waals surface area contributed by atoms with Crippen molar-refractivity contribution in [1.29, 1.82) is 0 Å². The summed E-state index contributed by atoms with van der Waals surface area (Å²) >= 11 is 3.43. The molecule has 19 heavy (non-hydrogen) atoms. The van der Waals surface area contributed by atoms with E-state index in [1.165, 1.54) is 24.2 Å². The Morgan fingerprint density at radius 1 is 1.32 bits per heavy atom. The molecular weight excluding hydrogens is 302 g/mol. The zero-order chi connectivity index (χ0) is 13.2. The maximum Gasteiger partial charge on any atom is 0.0632 e. The lowest BCUT2D eigenvalue weighted by atomic mass is 9.98. The van der Waals surface area contributed by atoms with Gasteiger partial charge in [0, 0.05) is 38.3 Å². The molecule has 2 aromatic rings. The standard InChI is InChI=1S/C15H18BrN3/c1-12-4-2-3-5-14(12)10-18-7-13(8-18)9-19-11-15(16)6-17-19/h2-6,11,13H,7-10H2,1H3. The quantitative estimate of drug-likeness (QED) is 0.863. The highest BCUT2D eigenvalue weighted by Gasteiger charge is 2.27. The van der Waals surface area contributed by atoms with Crippen molar-refractivity contribution < 1.29 is 0 Å². The number of nitrogens with zero attached hydrogens (tertiary/aromatic N) is 3. The van der Waals surface area contributed by atoms with E-state index in [1.54, 1.807) is 0 Å².